The molecule has 0 spiro atoms. The summed E-state index contributed by atoms with van der Waals surface area (Å²) in [7, 11) is 2.12. The Kier molecular flexibility index (Phi) is 4.71. The number of nitrogens with zero attached hydrogens (tertiary/aromatic N) is 4. The molecule has 2 aromatic rings. The van der Waals surface area contributed by atoms with E-state index in [1.54, 1.807) is 12.3 Å². The lowest BCUT2D eigenvalue weighted by Crippen LogP contribution is -2.41. The molecule has 3 heterocycles. The predicted octanol–water partition coefficient (Wildman–Crippen LogP) is 2.39. The molecule has 0 radical (unpaired) electrons. The number of aromatic nitrogens is 2. The Hall–Kier alpha value is -2.29. The number of nitrogens with two attached hydrogens (primary N) is 1. The molecule has 9 heteroatoms. The Morgan fingerprint density at radius 3 is 2.89 bits per heavy atom. The van der Waals surface area contributed by atoms with Gasteiger partial charge in [-0.15, -0.1) is 0 Å². The number of aliphatic imine (C=N–C) groups is 1. The normalized spacial score (nSPS) is 23.0. The van der Waals surface area contributed by atoms with E-state index in [4.69, 9.17) is 17.3 Å². The Morgan fingerprint density at radius 2 is 2.15 bits per heavy atom. The largest absolute Gasteiger partial charge is 0.351 e. The summed E-state index contributed by atoms with van der Waals surface area (Å²) >= 11 is 5.95. The molecule has 1 unspecified atom stereocenters. The van der Waals surface area contributed by atoms with Gasteiger partial charge in [-0.25, -0.2) is 19.4 Å². The number of likely N-dealkylation sites (tertiary alicyclic amines) is 1. The smallest absolute Gasteiger partial charge is 0.223 e. The standard InChI is InChI=1S/C18H21ClFN7/c1-27-6-4-12(5-7-27)25-17-22-9-15-16(26-17)18(21,24-10-23-15)11-2-3-14(20)13(19)8-11/h2-3,8-10,12H,4-7,21H2,1H3,(H,23,24)(H,22,25,26). The van der Waals surface area contributed by atoms with Crippen molar-refractivity contribution in [3.8, 4) is 0 Å². The third-order valence-electron chi connectivity index (χ3n) is 5.05. The van der Waals surface area contributed by atoms with E-state index in [0.717, 1.165) is 25.9 Å². The van der Waals surface area contributed by atoms with E-state index in [9.17, 15) is 4.39 Å². The minimum Gasteiger partial charge on any atom is -0.351 e. The molecule has 2 aliphatic rings. The zero-order valence-corrected chi connectivity index (χ0v) is 15.7. The highest BCUT2D eigenvalue weighted by Crippen LogP contribution is 2.36. The van der Waals surface area contributed by atoms with Gasteiger partial charge in [0.25, 0.3) is 0 Å². The number of rotatable bonds is 3. The van der Waals surface area contributed by atoms with Crippen LogP contribution < -0.4 is 16.4 Å². The first kappa shape index (κ1) is 18.1. The van der Waals surface area contributed by atoms with Gasteiger partial charge in [0, 0.05) is 11.6 Å². The first-order chi connectivity index (χ1) is 13.0. The number of anilines is 2. The lowest BCUT2D eigenvalue weighted by Gasteiger charge is -2.32. The molecule has 0 saturated carbocycles. The Balaban J connectivity index is 1.66. The summed E-state index contributed by atoms with van der Waals surface area (Å²) in [4.78, 5) is 15.7. The summed E-state index contributed by atoms with van der Waals surface area (Å²) in [5.74, 6) is -0.000277. The number of nitrogens with one attached hydrogen (secondary N) is 2. The second-order valence-corrected chi connectivity index (χ2v) is 7.38. The minimum atomic E-state index is -1.27. The van der Waals surface area contributed by atoms with Crippen molar-refractivity contribution in [1.82, 2.24) is 14.9 Å². The maximum absolute atomic E-state index is 13.6. The Bertz CT molecular complexity index is 882. The fraction of sp³-hybridized carbons (Fsp3) is 0.389. The molecule has 1 atom stereocenters. The van der Waals surface area contributed by atoms with Crippen LogP contribution >= 0.6 is 11.6 Å². The number of halogens is 2. The van der Waals surface area contributed by atoms with E-state index < -0.39 is 11.5 Å². The van der Waals surface area contributed by atoms with Crippen LogP contribution in [0.5, 0.6) is 0 Å². The lowest BCUT2D eigenvalue weighted by molar-refractivity contribution is 0.263. The van der Waals surface area contributed by atoms with Crippen LogP contribution in [0.3, 0.4) is 0 Å². The van der Waals surface area contributed by atoms with Crippen molar-refractivity contribution in [2.45, 2.75) is 24.5 Å². The van der Waals surface area contributed by atoms with Gasteiger partial charge in [0.15, 0.2) is 5.66 Å². The molecular weight excluding hydrogens is 369 g/mol. The molecule has 4 rings (SSSR count). The highest BCUT2D eigenvalue weighted by atomic mass is 35.5. The summed E-state index contributed by atoms with van der Waals surface area (Å²) in [5, 5.41) is 6.40. The van der Waals surface area contributed by atoms with Gasteiger partial charge in [0.1, 0.15) is 11.5 Å². The van der Waals surface area contributed by atoms with Crippen molar-refractivity contribution in [1.29, 1.82) is 0 Å². The summed E-state index contributed by atoms with van der Waals surface area (Å²) in [6.07, 6.45) is 5.22. The molecule has 2 aliphatic heterocycles. The zero-order valence-electron chi connectivity index (χ0n) is 14.9. The van der Waals surface area contributed by atoms with Crippen molar-refractivity contribution in [3.05, 3.63) is 46.5 Å². The molecule has 1 fully saturated rings. The van der Waals surface area contributed by atoms with E-state index in [1.165, 1.54) is 18.5 Å². The minimum absolute atomic E-state index is 0.00802. The van der Waals surface area contributed by atoms with Crippen LogP contribution in [0.2, 0.25) is 5.02 Å². The average molecular weight is 390 g/mol. The number of fused-ring (bicyclic) bond motifs is 1. The van der Waals surface area contributed by atoms with Crippen molar-refractivity contribution in [2.75, 3.05) is 30.8 Å². The van der Waals surface area contributed by atoms with Crippen molar-refractivity contribution in [2.24, 2.45) is 10.7 Å². The molecule has 1 aromatic heterocycles. The second-order valence-electron chi connectivity index (χ2n) is 6.98. The average Bonchev–Trinajstić information content (AvgIpc) is 2.66. The highest BCUT2D eigenvalue weighted by molar-refractivity contribution is 6.30. The molecule has 1 saturated heterocycles. The van der Waals surface area contributed by atoms with Crippen LogP contribution in [-0.2, 0) is 5.66 Å². The van der Waals surface area contributed by atoms with Gasteiger partial charge in [0.05, 0.1) is 23.2 Å². The Labute approximate surface area is 161 Å². The topological polar surface area (TPSA) is 91.5 Å². The monoisotopic (exact) mass is 389 g/mol. The maximum Gasteiger partial charge on any atom is 0.223 e. The molecule has 7 nitrogen and oxygen atoms in total. The van der Waals surface area contributed by atoms with Crippen molar-refractivity contribution < 1.29 is 4.39 Å². The highest BCUT2D eigenvalue weighted by Gasteiger charge is 2.36. The lowest BCUT2D eigenvalue weighted by atomic mass is 9.95. The predicted molar refractivity (Wildman–Crippen MR) is 105 cm³/mol. The van der Waals surface area contributed by atoms with Gasteiger partial charge >= 0.3 is 0 Å². The van der Waals surface area contributed by atoms with Gasteiger partial charge in [-0.1, -0.05) is 17.7 Å². The van der Waals surface area contributed by atoms with E-state index in [2.05, 4.69) is 37.5 Å². The van der Waals surface area contributed by atoms with Crippen LogP contribution in [-0.4, -0.2) is 47.4 Å². The number of benzene rings is 1. The van der Waals surface area contributed by atoms with Crippen LogP contribution in [0.25, 0.3) is 0 Å². The van der Waals surface area contributed by atoms with Gasteiger partial charge in [-0.2, -0.15) is 0 Å². The first-order valence-corrected chi connectivity index (χ1v) is 9.21. The molecular formula is C18H21ClFN7. The molecule has 142 valence electrons. The molecule has 27 heavy (non-hydrogen) atoms. The molecule has 4 N–H and O–H groups in total. The van der Waals surface area contributed by atoms with Crippen LogP contribution in [0.4, 0.5) is 16.0 Å². The van der Waals surface area contributed by atoms with E-state index >= 15 is 0 Å². The van der Waals surface area contributed by atoms with Crippen LogP contribution in [0.1, 0.15) is 24.1 Å². The van der Waals surface area contributed by atoms with Gasteiger partial charge in [-0.05, 0) is 45.1 Å². The third kappa shape index (κ3) is 3.47. The fourth-order valence-electron chi connectivity index (χ4n) is 3.39. The SMILES string of the molecule is CN1CCC(Nc2ncc3c(n2)C(N)(c2ccc(F)c(Cl)c2)N=CN3)CC1. The number of piperidine rings is 1. The second kappa shape index (κ2) is 7.03. The number of hydrogen-bond donors (Lipinski definition) is 3. The van der Waals surface area contributed by atoms with E-state index in [1.807, 2.05) is 0 Å². The Morgan fingerprint density at radius 1 is 1.37 bits per heavy atom. The maximum atomic E-state index is 13.6. The van der Waals surface area contributed by atoms with Crippen LogP contribution in [0.15, 0.2) is 29.4 Å². The summed E-state index contributed by atoms with van der Waals surface area (Å²) in [6.45, 7) is 2.06. The van der Waals surface area contributed by atoms with Crippen molar-refractivity contribution >= 4 is 29.6 Å². The van der Waals surface area contributed by atoms with Crippen molar-refractivity contribution in [3.63, 3.8) is 0 Å². The molecule has 0 amide bonds. The summed E-state index contributed by atoms with van der Waals surface area (Å²) in [6, 6.07) is 4.64. The summed E-state index contributed by atoms with van der Waals surface area (Å²) in [5.41, 5.74) is 7.03. The molecule has 0 bridgehead atoms. The van der Waals surface area contributed by atoms with E-state index in [-0.39, 0.29) is 5.02 Å². The van der Waals surface area contributed by atoms with E-state index in [0.29, 0.717) is 28.9 Å². The number of hydrogen-bond acceptors (Lipinski definition) is 7. The quantitative estimate of drug-likeness (QED) is 0.746. The van der Waals surface area contributed by atoms with Gasteiger partial charge in [0.2, 0.25) is 5.95 Å². The summed E-state index contributed by atoms with van der Waals surface area (Å²) < 4.78 is 13.6. The first-order valence-electron chi connectivity index (χ1n) is 8.83. The van der Waals surface area contributed by atoms with Gasteiger partial charge < -0.3 is 15.5 Å². The fourth-order valence-corrected chi connectivity index (χ4v) is 3.57. The molecule has 1 aromatic carbocycles. The third-order valence-corrected chi connectivity index (χ3v) is 5.34. The van der Waals surface area contributed by atoms with Gasteiger partial charge in [-0.3, -0.25) is 5.73 Å². The molecule has 0 aliphatic carbocycles. The van der Waals surface area contributed by atoms with Crippen LogP contribution in [0, 0.1) is 5.82 Å². The zero-order chi connectivity index (χ0) is 19.0.